The van der Waals surface area contributed by atoms with E-state index in [1.54, 1.807) is 0 Å². The molecule has 3 heteroatoms. The molecular formula is C15H26N2O. The van der Waals surface area contributed by atoms with Gasteiger partial charge in [-0.15, -0.1) is 0 Å². The molecule has 3 aliphatic rings. The number of nitrogens with one attached hydrogen (secondary N) is 1. The third-order valence-electron chi connectivity index (χ3n) is 5.52. The number of carbonyl (C=O) groups excluding carboxylic acids is 1. The van der Waals surface area contributed by atoms with E-state index in [1.807, 2.05) is 0 Å². The number of fused-ring (bicyclic) bond motifs is 1. The molecule has 1 N–H and O–H groups in total. The maximum Gasteiger partial charge on any atom is 0.242 e. The molecule has 2 saturated heterocycles. The number of likely N-dealkylation sites (tertiary alicyclic amines) is 1. The van der Waals surface area contributed by atoms with Crippen LogP contribution in [0.15, 0.2) is 0 Å². The van der Waals surface area contributed by atoms with E-state index in [2.05, 4.69) is 17.1 Å². The fourth-order valence-electron chi connectivity index (χ4n) is 4.32. The summed E-state index contributed by atoms with van der Waals surface area (Å²) in [7, 11) is 0. The minimum Gasteiger partial charge on any atom is -0.341 e. The van der Waals surface area contributed by atoms with E-state index < -0.39 is 0 Å². The van der Waals surface area contributed by atoms with Crippen LogP contribution < -0.4 is 5.32 Å². The fourth-order valence-corrected chi connectivity index (χ4v) is 4.32. The van der Waals surface area contributed by atoms with Gasteiger partial charge >= 0.3 is 0 Å². The van der Waals surface area contributed by atoms with Gasteiger partial charge in [-0.3, -0.25) is 4.79 Å². The van der Waals surface area contributed by atoms with Crippen LogP contribution >= 0.6 is 0 Å². The molecule has 0 aromatic heterocycles. The highest BCUT2D eigenvalue weighted by Crippen LogP contribution is 2.38. The summed E-state index contributed by atoms with van der Waals surface area (Å²) >= 11 is 0. The first-order valence-electron chi connectivity index (χ1n) is 7.79. The van der Waals surface area contributed by atoms with Crippen LogP contribution in [0.1, 0.15) is 51.9 Å². The molecule has 2 aliphatic heterocycles. The Morgan fingerprint density at radius 1 is 1.22 bits per heavy atom. The topological polar surface area (TPSA) is 32.3 Å². The van der Waals surface area contributed by atoms with E-state index in [0.717, 1.165) is 50.7 Å². The lowest BCUT2D eigenvalue weighted by atomic mass is 9.82. The van der Waals surface area contributed by atoms with Gasteiger partial charge in [-0.25, -0.2) is 0 Å². The zero-order chi connectivity index (χ0) is 12.6. The van der Waals surface area contributed by atoms with Crippen LogP contribution in [0.2, 0.25) is 0 Å². The molecule has 18 heavy (non-hydrogen) atoms. The Labute approximate surface area is 110 Å². The van der Waals surface area contributed by atoms with Crippen molar-refractivity contribution in [1.29, 1.82) is 0 Å². The highest BCUT2D eigenvalue weighted by molar-refractivity contribution is 5.87. The van der Waals surface area contributed by atoms with E-state index in [9.17, 15) is 4.79 Å². The van der Waals surface area contributed by atoms with Gasteiger partial charge in [0.25, 0.3) is 0 Å². The molecule has 0 aromatic carbocycles. The molecule has 3 fully saturated rings. The van der Waals surface area contributed by atoms with E-state index in [4.69, 9.17) is 0 Å². The Bertz CT molecular complexity index is 308. The summed E-state index contributed by atoms with van der Waals surface area (Å²) in [6.45, 7) is 5.24. The van der Waals surface area contributed by atoms with Crippen LogP contribution in [-0.4, -0.2) is 36.0 Å². The molecule has 3 nitrogen and oxygen atoms in total. The van der Waals surface area contributed by atoms with Crippen LogP contribution in [0, 0.1) is 11.8 Å². The third-order valence-corrected chi connectivity index (χ3v) is 5.52. The number of hydrogen-bond donors (Lipinski definition) is 1. The highest BCUT2D eigenvalue weighted by Gasteiger charge is 2.45. The Balaban J connectivity index is 1.69. The second-order valence-corrected chi connectivity index (χ2v) is 6.48. The monoisotopic (exact) mass is 250 g/mol. The molecule has 1 amide bonds. The average molecular weight is 250 g/mol. The Kier molecular flexibility index (Phi) is 3.35. The van der Waals surface area contributed by atoms with Gasteiger partial charge in [-0.05, 0) is 50.5 Å². The zero-order valence-electron chi connectivity index (χ0n) is 11.6. The van der Waals surface area contributed by atoms with Crippen molar-refractivity contribution >= 4 is 5.91 Å². The summed E-state index contributed by atoms with van der Waals surface area (Å²) in [5.41, 5.74) is -0.215. The minimum atomic E-state index is -0.215. The lowest BCUT2D eigenvalue weighted by Crippen LogP contribution is -2.54. The fraction of sp³-hybridized carbons (Fsp3) is 0.933. The number of nitrogens with zero attached hydrogens (tertiary/aromatic N) is 1. The lowest BCUT2D eigenvalue weighted by Gasteiger charge is -2.31. The van der Waals surface area contributed by atoms with Crippen molar-refractivity contribution in [3.05, 3.63) is 0 Å². The van der Waals surface area contributed by atoms with Crippen LogP contribution in [0.3, 0.4) is 0 Å². The van der Waals surface area contributed by atoms with Gasteiger partial charge in [0.15, 0.2) is 0 Å². The molecule has 3 unspecified atom stereocenters. The molecular weight excluding hydrogens is 224 g/mol. The Morgan fingerprint density at radius 2 is 1.89 bits per heavy atom. The molecule has 0 bridgehead atoms. The molecule has 0 radical (unpaired) electrons. The molecule has 3 rings (SSSR count). The van der Waals surface area contributed by atoms with Gasteiger partial charge in [-0.1, -0.05) is 19.8 Å². The van der Waals surface area contributed by atoms with Crippen LogP contribution in [-0.2, 0) is 4.79 Å². The third kappa shape index (κ3) is 1.97. The summed E-state index contributed by atoms with van der Waals surface area (Å²) < 4.78 is 0. The molecule has 1 saturated carbocycles. The summed E-state index contributed by atoms with van der Waals surface area (Å²) in [4.78, 5) is 15.0. The number of amides is 1. The van der Waals surface area contributed by atoms with Gasteiger partial charge in [-0.2, -0.15) is 0 Å². The predicted molar refractivity (Wildman–Crippen MR) is 72.3 cm³/mol. The predicted octanol–water partition coefficient (Wildman–Crippen LogP) is 2.17. The summed E-state index contributed by atoms with van der Waals surface area (Å²) in [6.07, 6.45) is 8.58. The van der Waals surface area contributed by atoms with Crippen LogP contribution in [0.5, 0.6) is 0 Å². The SMILES string of the molecule is CCC1(C(=O)N2CC3CCCCC3C2)CCCN1. The molecule has 0 aromatic rings. The second-order valence-electron chi connectivity index (χ2n) is 6.48. The zero-order valence-corrected chi connectivity index (χ0v) is 11.6. The molecule has 2 heterocycles. The summed E-state index contributed by atoms with van der Waals surface area (Å²) in [5, 5.41) is 3.49. The molecule has 1 aliphatic carbocycles. The number of rotatable bonds is 2. The van der Waals surface area contributed by atoms with E-state index in [0.29, 0.717) is 5.91 Å². The van der Waals surface area contributed by atoms with Crippen molar-refractivity contribution in [2.24, 2.45) is 11.8 Å². The van der Waals surface area contributed by atoms with Crippen LogP contribution in [0.4, 0.5) is 0 Å². The first kappa shape index (κ1) is 12.5. The van der Waals surface area contributed by atoms with E-state index >= 15 is 0 Å². The second kappa shape index (κ2) is 4.84. The molecule has 102 valence electrons. The van der Waals surface area contributed by atoms with Crippen molar-refractivity contribution < 1.29 is 4.79 Å². The maximum atomic E-state index is 12.8. The van der Waals surface area contributed by atoms with Crippen LogP contribution in [0.25, 0.3) is 0 Å². The molecule has 3 atom stereocenters. The number of hydrogen-bond acceptors (Lipinski definition) is 2. The largest absolute Gasteiger partial charge is 0.341 e. The van der Waals surface area contributed by atoms with Crippen molar-refractivity contribution in [2.75, 3.05) is 19.6 Å². The van der Waals surface area contributed by atoms with Gasteiger partial charge in [0, 0.05) is 13.1 Å². The summed E-state index contributed by atoms with van der Waals surface area (Å²) in [5.74, 6) is 2.01. The van der Waals surface area contributed by atoms with Crippen molar-refractivity contribution in [3.8, 4) is 0 Å². The standard InChI is InChI=1S/C15H26N2O/c1-2-15(8-5-9-16-15)14(18)17-10-12-6-3-4-7-13(12)11-17/h12-13,16H,2-11H2,1H3. The highest BCUT2D eigenvalue weighted by atomic mass is 16.2. The first-order chi connectivity index (χ1) is 8.75. The maximum absolute atomic E-state index is 12.8. The van der Waals surface area contributed by atoms with Crippen molar-refractivity contribution in [2.45, 2.75) is 57.4 Å². The average Bonchev–Trinajstić information content (AvgIpc) is 3.05. The van der Waals surface area contributed by atoms with Crippen molar-refractivity contribution in [1.82, 2.24) is 10.2 Å². The van der Waals surface area contributed by atoms with Gasteiger partial charge in [0.05, 0.1) is 5.54 Å². The lowest BCUT2D eigenvalue weighted by molar-refractivity contribution is -0.137. The first-order valence-corrected chi connectivity index (χ1v) is 7.79. The Morgan fingerprint density at radius 3 is 2.39 bits per heavy atom. The number of carbonyl (C=O) groups is 1. The van der Waals surface area contributed by atoms with Gasteiger partial charge < -0.3 is 10.2 Å². The quantitative estimate of drug-likeness (QED) is 0.814. The normalized spacial score (nSPS) is 39.9. The van der Waals surface area contributed by atoms with Crippen molar-refractivity contribution in [3.63, 3.8) is 0 Å². The van der Waals surface area contributed by atoms with Gasteiger partial charge in [0.2, 0.25) is 5.91 Å². The van der Waals surface area contributed by atoms with Gasteiger partial charge in [0.1, 0.15) is 0 Å². The van der Waals surface area contributed by atoms with E-state index in [1.165, 1.54) is 25.7 Å². The smallest absolute Gasteiger partial charge is 0.242 e. The Hall–Kier alpha value is -0.570. The summed E-state index contributed by atoms with van der Waals surface area (Å²) in [6, 6.07) is 0. The van der Waals surface area contributed by atoms with E-state index in [-0.39, 0.29) is 5.54 Å². The minimum absolute atomic E-state index is 0.215. The molecule has 0 spiro atoms.